The molecular weight excluding hydrogens is 302 g/mol. The second-order valence-corrected chi connectivity index (χ2v) is 6.36. The molecule has 5 nitrogen and oxygen atoms in total. The van der Waals surface area contributed by atoms with Crippen molar-refractivity contribution in [3.05, 3.63) is 36.1 Å². The van der Waals surface area contributed by atoms with Crippen LogP contribution in [0, 0.1) is 11.3 Å². The highest BCUT2D eigenvalue weighted by Gasteiger charge is 2.15. The van der Waals surface area contributed by atoms with E-state index in [1.54, 1.807) is 6.08 Å². The van der Waals surface area contributed by atoms with Gasteiger partial charge >= 0.3 is 0 Å². The molecule has 1 saturated carbocycles. The normalized spacial score (nSPS) is 18.1. The second kappa shape index (κ2) is 11.7. The fourth-order valence-electron chi connectivity index (χ4n) is 2.95. The van der Waals surface area contributed by atoms with Gasteiger partial charge in [0.1, 0.15) is 5.76 Å². The lowest BCUT2D eigenvalue weighted by molar-refractivity contribution is 0.148. The Kier molecular flexibility index (Phi) is 9.92. The van der Waals surface area contributed by atoms with Gasteiger partial charge in [-0.3, -0.25) is 5.41 Å². The van der Waals surface area contributed by atoms with Crippen molar-refractivity contribution >= 4 is 5.96 Å². The molecule has 5 heteroatoms. The molecule has 1 aliphatic rings. The van der Waals surface area contributed by atoms with Gasteiger partial charge in [-0.15, -0.1) is 6.58 Å². The Bertz CT molecular complexity index is 452. The summed E-state index contributed by atoms with van der Waals surface area (Å²) in [6.45, 7) is 6.92. The van der Waals surface area contributed by atoms with Crippen molar-refractivity contribution in [2.45, 2.75) is 58.0 Å². The van der Waals surface area contributed by atoms with Crippen molar-refractivity contribution < 1.29 is 9.84 Å². The Hall–Kier alpha value is -1.75. The minimum atomic E-state index is -0.608. The van der Waals surface area contributed by atoms with E-state index in [1.807, 2.05) is 19.1 Å². The predicted octanol–water partition coefficient (Wildman–Crippen LogP) is 3.22. The summed E-state index contributed by atoms with van der Waals surface area (Å²) in [5.74, 6) is 1.37. The van der Waals surface area contributed by atoms with E-state index in [0.29, 0.717) is 25.3 Å². The van der Waals surface area contributed by atoms with E-state index in [9.17, 15) is 5.11 Å². The van der Waals surface area contributed by atoms with Gasteiger partial charge in [-0.25, -0.2) is 0 Å². The Balaban J connectivity index is 2.57. The fraction of sp³-hybridized carbons (Fsp3) is 0.632. The van der Waals surface area contributed by atoms with Crippen LogP contribution >= 0.6 is 0 Å². The summed E-state index contributed by atoms with van der Waals surface area (Å²) in [6.07, 6.45) is 12.6. The van der Waals surface area contributed by atoms with Crippen molar-refractivity contribution in [3.63, 3.8) is 0 Å². The van der Waals surface area contributed by atoms with E-state index >= 15 is 0 Å². The van der Waals surface area contributed by atoms with Crippen molar-refractivity contribution in [3.8, 4) is 0 Å². The largest absolute Gasteiger partial charge is 0.494 e. The first-order valence-corrected chi connectivity index (χ1v) is 8.93. The number of aliphatic hydroxyl groups is 1. The predicted molar refractivity (Wildman–Crippen MR) is 99.7 cm³/mol. The first kappa shape index (κ1) is 20.3. The van der Waals surface area contributed by atoms with Crippen LogP contribution in [0.15, 0.2) is 36.1 Å². The summed E-state index contributed by atoms with van der Waals surface area (Å²) in [4.78, 5) is 0. The molecule has 1 fully saturated rings. The highest BCUT2D eigenvalue weighted by Crippen LogP contribution is 2.25. The molecule has 0 unspecified atom stereocenters. The maximum atomic E-state index is 10.4. The maximum Gasteiger partial charge on any atom is 0.185 e. The molecule has 0 bridgehead atoms. The van der Waals surface area contributed by atoms with E-state index in [0.717, 1.165) is 17.9 Å². The molecule has 24 heavy (non-hydrogen) atoms. The van der Waals surface area contributed by atoms with Gasteiger partial charge in [-0.1, -0.05) is 25.3 Å². The standard InChI is InChI=1S/C19H33N3O2/c1-3-8-16(18(23)11-12-22-19(20)21)13-17(4-2)24-14-15-9-6-5-7-10-15/h3-4,13,15,18,23H,1,5-12,14H2,2H3,(H4,20,21,22)/b16-13+,17-4+/t18-/m1/s1. The van der Waals surface area contributed by atoms with Crippen LogP contribution < -0.4 is 11.1 Å². The van der Waals surface area contributed by atoms with Gasteiger partial charge < -0.3 is 20.9 Å². The van der Waals surface area contributed by atoms with Crippen LogP contribution in [0.1, 0.15) is 51.9 Å². The van der Waals surface area contributed by atoms with Crippen molar-refractivity contribution in [1.29, 1.82) is 5.41 Å². The summed E-state index contributed by atoms with van der Waals surface area (Å²) in [5.41, 5.74) is 6.12. The minimum absolute atomic E-state index is 0.0820. The third-order valence-electron chi connectivity index (χ3n) is 4.36. The van der Waals surface area contributed by atoms with Crippen LogP contribution in [0.2, 0.25) is 0 Å². The van der Waals surface area contributed by atoms with Crippen LogP contribution in [-0.4, -0.2) is 30.3 Å². The molecule has 136 valence electrons. The molecule has 0 amide bonds. The quantitative estimate of drug-likeness (QED) is 0.162. The third-order valence-corrected chi connectivity index (χ3v) is 4.36. The molecule has 1 aliphatic carbocycles. The maximum absolute atomic E-state index is 10.4. The van der Waals surface area contributed by atoms with E-state index in [1.165, 1.54) is 32.1 Å². The molecule has 5 N–H and O–H groups in total. The van der Waals surface area contributed by atoms with Crippen LogP contribution in [0.25, 0.3) is 0 Å². The third kappa shape index (κ3) is 8.20. The van der Waals surface area contributed by atoms with Gasteiger partial charge in [0.05, 0.1) is 12.7 Å². The van der Waals surface area contributed by atoms with Crippen LogP contribution in [-0.2, 0) is 4.74 Å². The number of aliphatic hydroxyl groups excluding tert-OH is 1. The molecule has 1 atom stereocenters. The summed E-state index contributed by atoms with van der Waals surface area (Å²) in [7, 11) is 0. The number of hydrogen-bond donors (Lipinski definition) is 4. The van der Waals surface area contributed by atoms with E-state index in [-0.39, 0.29) is 5.96 Å². The van der Waals surface area contributed by atoms with E-state index in [2.05, 4.69) is 11.9 Å². The number of nitrogens with one attached hydrogen (secondary N) is 2. The van der Waals surface area contributed by atoms with Crippen LogP contribution in [0.3, 0.4) is 0 Å². The zero-order chi connectivity index (χ0) is 17.8. The van der Waals surface area contributed by atoms with E-state index in [4.69, 9.17) is 15.9 Å². The van der Waals surface area contributed by atoms with Crippen molar-refractivity contribution in [1.82, 2.24) is 5.32 Å². The lowest BCUT2D eigenvalue weighted by atomic mass is 9.90. The minimum Gasteiger partial charge on any atom is -0.494 e. The lowest BCUT2D eigenvalue weighted by Gasteiger charge is -2.22. The molecule has 0 aliphatic heterocycles. The zero-order valence-electron chi connectivity index (χ0n) is 14.9. The molecular formula is C19H33N3O2. The Labute approximate surface area is 146 Å². The smallest absolute Gasteiger partial charge is 0.185 e. The molecule has 0 heterocycles. The zero-order valence-corrected chi connectivity index (χ0v) is 14.9. The molecule has 0 saturated heterocycles. The van der Waals surface area contributed by atoms with Crippen LogP contribution in [0.4, 0.5) is 0 Å². The second-order valence-electron chi connectivity index (χ2n) is 6.36. The van der Waals surface area contributed by atoms with Gasteiger partial charge in [0.15, 0.2) is 5.96 Å². The number of ether oxygens (including phenoxy) is 1. The molecule has 0 radical (unpaired) electrons. The molecule has 0 aromatic heterocycles. The van der Waals surface area contributed by atoms with Crippen molar-refractivity contribution in [2.75, 3.05) is 13.2 Å². The molecule has 0 spiro atoms. The van der Waals surface area contributed by atoms with Gasteiger partial charge in [0.2, 0.25) is 0 Å². The highest BCUT2D eigenvalue weighted by molar-refractivity contribution is 5.74. The Morgan fingerprint density at radius 1 is 1.42 bits per heavy atom. The summed E-state index contributed by atoms with van der Waals surface area (Å²) in [5, 5.41) is 20.2. The number of allylic oxidation sites excluding steroid dienone is 3. The summed E-state index contributed by atoms with van der Waals surface area (Å²) >= 11 is 0. The Morgan fingerprint density at radius 2 is 2.12 bits per heavy atom. The Morgan fingerprint density at radius 3 is 2.71 bits per heavy atom. The van der Waals surface area contributed by atoms with Gasteiger partial charge in [-0.05, 0) is 56.3 Å². The topological polar surface area (TPSA) is 91.4 Å². The molecule has 0 aromatic carbocycles. The van der Waals surface area contributed by atoms with Gasteiger partial charge in [0, 0.05) is 6.54 Å². The van der Waals surface area contributed by atoms with Crippen LogP contribution in [0.5, 0.6) is 0 Å². The summed E-state index contributed by atoms with van der Waals surface area (Å²) in [6, 6.07) is 0. The summed E-state index contributed by atoms with van der Waals surface area (Å²) < 4.78 is 5.97. The van der Waals surface area contributed by atoms with E-state index < -0.39 is 6.10 Å². The fourth-order valence-corrected chi connectivity index (χ4v) is 2.95. The van der Waals surface area contributed by atoms with Gasteiger partial charge in [0.25, 0.3) is 0 Å². The SMILES string of the molecule is C=CC/C(=C\C(=C/C)OCC1CCCCC1)[C@H](O)CCNC(=N)N. The van der Waals surface area contributed by atoms with Gasteiger partial charge in [-0.2, -0.15) is 0 Å². The number of guanidine groups is 1. The molecule has 0 aromatic rings. The highest BCUT2D eigenvalue weighted by atomic mass is 16.5. The first-order valence-electron chi connectivity index (χ1n) is 8.93. The lowest BCUT2D eigenvalue weighted by Crippen LogP contribution is -2.32. The first-order chi connectivity index (χ1) is 11.6. The number of rotatable bonds is 10. The molecule has 1 rings (SSSR count). The van der Waals surface area contributed by atoms with Crippen molar-refractivity contribution in [2.24, 2.45) is 11.7 Å². The monoisotopic (exact) mass is 335 g/mol. The number of nitrogens with two attached hydrogens (primary N) is 1. The number of hydrogen-bond acceptors (Lipinski definition) is 3. The average Bonchev–Trinajstić information content (AvgIpc) is 2.58. The average molecular weight is 335 g/mol.